The molecule has 2 heteroatoms. The molecule has 0 atom stereocenters. The first-order chi connectivity index (χ1) is 3.93. The van der Waals surface area contributed by atoms with Crippen LogP contribution in [0.25, 0.3) is 0 Å². The van der Waals surface area contributed by atoms with Crippen LogP contribution in [-0.4, -0.2) is 20.1 Å². The average molecular weight is 112 g/mol. The van der Waals surface area contributed by atoms with Crippen molar-refractivity contribution in [2.24, 2.45) is 0 Å². The molecule has 0 amide bonds. The van der Waals surface area contributed by atoms with Crippen molar-refractivity contribution in [3.8, 4) is 0 Å². The lowest BCUT2D eigenvalue weighted by Crippen LogP contribution is -2.09. The Bertz CT molecular complexity index is 96.7. The van der Waals surface area contributed by atoms with Crippen molar-refractivity contribution >= 4 is 0 Å². The van der Waals surface area contributed by atoms with E-state index in [4.69, 9.17) is 0 Å². The first kappa shape index (κ1) is 5.63. The highest BCUT2D eigenvalue weighted by Gasteiger charge is 1.99. The molecule has 0 saturated carbocycles. The van der Waals surface area contributed by atoms with Gasteiger partial charge in [0.15, 0.2) is 0 Å². The van der Waals surface area contributed by atoms with Gasteiger partial charge in [-0.1, -0.05) is 0 Å². The highest BCUT2D eigenvalue weighted by Crippen LogP contribution is 2.01. The summed E-state index contributed by atoms with van der Waals surface area (Å²) in [6.07, 6.45) is 3.30. The van der Waals surface area contributed by atoms with E-state index in [1.165, 1.54) is 12.0 Å². The molecule has 0 aromatic rings. The molecule has 1 aliphatic rings. The molecular formula is C6H12N2. The minimum atomic E-state index is 1.03. The van der Waals surface area contributed by atoms with Crippen molar-refractivity contribution in [2.75, 3.05) is 20.1 Å². The Kier molecular flexibility index (Phi) is 1.92. The SMILES string of the molecule is CNCC1=CNCC1. The summed E-state index contributed by atoms with van der Waals surface area (Å²) in [5, 5.41) is 6.26. The van der Waals surface area contributed by atoms with Gasteiger partial charge in [-0.05, 0) is 25.2 Å². The molecule has 0 fully saturated rings. The lowest BCUT2D eigenvalue weighted by atomic mass is 10.2. The number of likely N-dealkylation sites (N-methyl/N-ethyl adjacent to an activating group) is 1. The fourth-order valence-corrected chi connectivity index (χ4v) is 0.888. The summed E-state index contributed by atoms with van der Waals surface area (Å²) in [5.74, 6) is 0. The normalized spacial score (nSPS) is 17.9. The molecule has 0 saturated heterocycles. The van der Waals surface area contributed by atoms with Gasteiger partial charge in [0, 0.05) is 13.1 Å². The summed E-state index contributed by atoms with van der Waals surface area (Å²) in [4.78, 5) is 0. The lowest BCUT2D eigenvalue weighted by molar-refractivity contribution is 0.836. The fourth-order valence-electron chi connectivity index (χ4n) is 0.888. The van der Waals surface area contributed by atoms with E-state index in [2.05, 4.69) is 16.8 Å². The van der Waals surface area contributed by atoms with Crippen LogP contribution in [0.4, 0.5) is 0 Å². The number of rotatable bonds is 2. The van der Waals surface area contributed by atoms with E-state index in [1.807, 2.05) is 7.05 Å². The average Bonchev–Trinajstić information content (AvgIpc) is 2.19. The lowest BCUT2D eigenvalue weighted by Gasteiger charge is -1.94. The molecule has 1 heterocycles. The van der Waals surface area contributed by atoms with Crippen molar-refractivity contribution in [3.05, 3.63) is 11.8 Å². The van der Waals surface area contributed by atoms with Crippen LogP contribution < -0.4 is 10.6 Å². The summed E-state index contributed by atoms with van der Waals surface area (Å²) in [6.45, 7) is 2.16. The van der Waals surface area contributed by atoms with Gasteiger partial charge in [-0.2, -0.15) is 0 Å². The van der Waals surface area contributed by atoms with E-state index in [1.54, 1.807) is 0 Å². The summed E-state index contributed by atoms with van der Waals surface area (Å²) in [6, 6.07) is 0. The fraction of sp³-hybridized carbons (Fsp3) is 0.667. The van der Waals surface area contributed by atoms with Gasteiger partial charge in [-0.25, -0.2) is 0 Å². The first-order valence-corrected chi connectivity index (χ1v) is 2.99. The first-order valence-electron chi connectivity index (χ1n) is 2.99. The maximum absolute atomic E-state index is 3.16. The molecule has 0 bridgehead atoms. The van der Waals surface area contributed by atoms with E-state index in [0.29, 0.717) is 0 Å². The molecule has 1 aliphatic heterocycles. The standard InChI is InChI=1S/C6H12N2/c1-7-4-6-2-3-8-5-6/h5,7-8H,2-4H2,1H3. The molecular weight excluding hydrogens is 100 g/mol. The second-order valence-electron chi connectivity index (χ2n) is 2.04. The molecule has 46 valence electrons. The van der Waals surface area contributed by atoms with E-state index in [-0.39, 0.29) is 0 Å². The van der Waals surface area contributed by atoms with Crippen LogP contribution in [0.1, 0.15) is 6.42 Å². The molecule has 0 radical (unpaired) electrons. The molecule has 0 aromatic carbocycles. The van der Waals surface area contributed by atoms with Crippen molar-refractivity contribution in [1.29, 1.82) is 0 Å². The van der Waals surface area contributed by atoms with Gasteiger partial charge in [0.25, 0.3) is 0 Å². The van der Waals surface area contributed by atoms with Gasteiger partial charge in [0.1, 0.15) is 0 Å². The zero-order valence-electron chi connectivity index (χ0n) is 5.20. The summed E-state index contributed by atoms with van der Waals surface area (Å²) >= 11 is 0. The van der Waals surface area contributed by atoms with Crippen LogP contribution in [0.2, 0.25) is 0 Å². The van der Waals surface area contributed by atoms with Crippen LogP contribution in [0.15, 0.2) is 11.8 Å². The molecule has 0 aromatic heterocycles. The maximum Gasteiger partial charge on any atom is 0.0179 e. The summed E-state index contributed by atoms with van der Waals surface area (Å²) in [5.41, 5.74) is 1.48. The Labute approximate surface area is 50.0 Å². The van der Waals surface area contributed by atoms with E-state index < -0.39 is 0 Å². The van der Waals surface area contributed by atoms with Crippen molar-refractivity contribution in [2.45, 2.75) is 6.42 Å². The zero-order valence-corrected chi connectivity index (χ0v) is 5.20. The van der Waals surface area contributed by atoms with Crippen molar-refractivity contribution in [1.82, 2.24) is 10.6 Å². The van der Waals surface area contributed by atoms with E-state index in [0.717, 1.165) is 13.1 Å². The Morgan fingerprint density at radius 1 is 1.88 bits per heavy atom. The van der Waals surface area contributed by atoms with Gasteiger partial charge >= 0.3 is 0 Å². The Hall–Kier alpha value is -0.500. The molecule has 8 heavy (non-hydrogen) atoms. The molecule has 0 unspecified atom stereocenters. The van der Waals surface area contributed by atoms with Gasteiger partial charge < -0.3 is 10.6 Å². The largest absolute Gasteiger partial charge is 0.391 e. The third-order valence-corrected chi connectivity index (χ3v) is 1.30. The van der Waals surface area contributed by atoms with Gasteiger partial charge in [0.2, 0.25) is 0 Å². The Morgan fingerprint density at radius 3 is 3.25 bits per heavy atom. The highest BCUT2D eigenvalue weighted by molar-refractivity contribution is 5.07. The molecule has 1 rings (SSSR count). The Balaban J connectivity index is 2.23. The quantitative estimate of drug-likeness (QED) is 0.528. The smallest absolute Gasteiger partial charge is 0.0179 e. The van der Waals surface area contributed by atoms with Gasteiger partial charge in [-0.15, -0.1) is 0 Å². The predicted octanol–water partition coefficient (Wildman–Crippen LogP) is 0.0830. The van der Waals surface area contributed by atoms with Gasteiger partial charge in [0.05, 0.1) is 0 Å². The van der Waals surface area contributed by atoms with Crippen molar-refractivity contribution < 1.29 is 0 Å². The molecule has 0 aliphatic carbocycles. The van der Waals surface area contributed by atoms with E-state index in [9.17, 15) is 0 Å². The second-order valence-corrected chi connectivity index (χ2v) is 2.04. The summed E-state index contributed by atoms with van der Waals surface area (Å²) in [7, 11) is 1.97. The summed E-state index contributed by atoms with van der Waals surface area (Å²) < 4.78 is 0. The highest BCUT2D eigenvalue weighted by atomic mass is 14.9. The van der Waals surface area contributed by atoms with Crippen molar-refractivity contribution in [3.63, 3.8) is 0 Å². The number of hydrogen-bond donors (Lipinski definition) is 2. The third kappa shape index (κ3) is 1.23. The minimum absolute atomic E-state index is 1.03. The van der Waals surface area contributed by atoms with Crippen LogP contribution in [0.3, 0.4) is 0 Å². The van der Waals surface area contributed by atoms with Crippen LogP contribution >= 0.6 is 0 Å². The maximum atomic E-state index is 3.16. The second kappa shape index (κ2) is 2.72. The van der Waals surface area contributed by atoms with Crippen LogP contribution in [0, 0.1) is 0 Å². The van der Waals surface area contributed by atoms with Gasteiger partial charge in [-0.3, -0.25) is 0 Å². The predicted molar refractivity (Wildman–Crippen MR) is 34.6 cm³/mol. The number of hydrogen-bond acceptors (Lipinski definition) is 2. The topological polar surface area (TPSA) is 24.1 Å². The Morgan fingerprint density at radius 2 is 2.75 bits per heavy atom. The molecule has 2 N–H and O–H groups in total. The monoisotopic (exact) mass is 112 g/mol. The zero-order chi connectivity index (χ0) is 5.82. The van der Waals surface area contributed by atoms with Crippen LogP contribution in [0.5, 0.6) is 0 Å². The third-order valence-electron chi connectivity index (χ3n) is 1.30. The molecule has 0 spiro atoms. The van der Waals surface area contributed by atoms with E-state index >= 15 is 0 Å². The number of nitrogens with one attached hydrogen (secondary N) is 2. The van der Waals surface area contributed by atoms with Crippen LogP contribution in [-0.2, 0) is 0 Å². The molecule has 2 nitrogen and oxygen atoms in total. The minimum Gasteiger partial charge on any atom is -0.391 e.